The molecule has 7 heteroatoms. The van der Waals surface area contributed by atoms with Gasteiger partial charge in [-0.05, 0) is 30.7 Å². The highest BCUT2D eigenvalue weighted by molar-refractivity contribution is 6.31. The molecule has 4 nitrogen and oxygen atoms in total. The zero-order valence-corrected chi connectivity index (χ0v) is 11.8. The maximum Gasteiger partial charge on any atom is 0.281 e. The van der Waals surface area contributed by atoms with Crippen LogP contribution in [0.4, 0.5) is 4.39 Å². The molecule has 0 saturated carbocycles. The Morgan fingerprint density at radius 3 is 2.75 bits per heavy atom. The maximum atomic E-state index is 13.9. The first-order valence-electron chi connectivity index (χ1n) is 5.70. The van der Waals surface area contributed by atoms with E-state index in [9.17, 15) is 9.18 Å². The van der Waals surface area contributed by atoms with Crippen molar-refractivity contribution < 1.29 is 4.39 Å². The fourth-order valence-corrected chi connectivity index (χ4v) is 2.29. The van der Waals surface area contributed by atoms with E-state index < -0.39 is 16.5 Å². The minimum absolute atomic E-state index is 0.152. The molecule has 0 aliphatic rings. The van der Waals surface area contributed by atoms with Gasteiger partial charge in [0.1, 0.15) is 0 Å². The molecule has 0 atom stereocenters. The van der Waals surface area contributed by atoms with Gasteiger partial charge >= 0.3 is 0 Å². The summed E-state index contributed by atoms with van der Waals surface area (Å²) in [5.41, 5.74) is 0.654. The summed E-state index contributed by atoms with van der Waals surface area (Å²) in [4.78, 5) is 16.2. The summed E-state index contributed by atoms with van der Waals surface area (Å²) in [6, 6.07) is 5.03. The number of aryl methyl sites for hydroxylation is 1. The number of aromatic nitrogens is 3. The van der Waals surface area contributed by atoms with E-state index in [0.29, 0.717) is 10.7 Å². The van der Waals surface area contributed by atoms with Crippen LogP contribution in [-0.2, 0) is 0 Å². The highest BCUT2D eigenvalue weighted by atomic mass is 35.5. The third-order valence-corrected chi connectivity index (χ3v) is 3.75. The average molecular weight is 312 g/mol. The number of fused-ring (bicyclic) bond motifs is 1. The maximum absolute atomic E-state index is 13.9. The van der Waals surface area contributed by atoms with E-state index >= 15 is 0 Å². The van der Waals surface area contributed by atoms with Crippen LogP contribution in [0.2, 0.25) is 10.0 Å². The monoisotopic (exact) mass is 311 g/mol. The van der Waals surface area contributed by atoms with Crippen molar-refractivity contribution in [2.75, 3.05) is 0 Å². The fraction of sp³-hybridized carbons (Fsp3) is 0.0769. The van der Waals surface area contributed by atoms with Crippen molar-refractivity contribution in [3.63, 3.8) is 0 Å². The number of halogens is 3. The lowest BCUT2D eigenvalue weighted by atomic mass is 10.2. The number of benzene rings is 1. The average Bonchev–Trinajstić information content (AvgIpc) is 2.89. The van der Waals surface area contributed by atoms with Crippen molar-refractivity contribution in [2.24, 2.45) is 0 Å². The number of rotatable bonds is 1. The van der Waals surface area contributed by atoms with E-state index in [1.807, 2.05) is 6.92 Å². The smallest absolute Gasteiger partial charge is 0.267 e. The van der Waals surface area contributed by atoms with Crippen molar-refractivity contribution >= 4 is 29.0 Å². The second-order valence-electron chi connectivity index (χ2n) is 4.28. The molecule has 0 saturated heterocycles. The van der Waals surface area contributed by atoms with Crippen LogP contribution in [-0.4, -0.2) is 14.0 Å². The number of imidazole rings is 1. The zero-order valence-electron chi connectivity index (χ0n) is 10.3. The Balaban J connectivity index is 2.44. The Kier molecular flexibility index (Phi) is 3.03. The normalized spacial score (nSPS) is 11.2. The highest BCUT2D eigenvalue weighted by Gasteiger charge is 2.17. The van der Waals surface area contributed by atoms with Crippen LogP contribution in [0, 0.1) is 12.9 Å². The first-order valence-corrected chi connectivity index (χ1v) is 6.46. The van der Waals surface area contributed by atoms with Gasteiger partial charge in [0.05, 0.1) is 5.69 Å². The lowest BCUT2D eigenvalue weighted by Gasteiger charge is -2.10. The van der Waals surface area contributed by atoms with Gasteiger partial charge in [0.2, 0.25) is 11.7 Å². The van der Waals surface area contributed by atoms with Crippen molar-refractivity contribution in [2.45, 2.75) is 6.92 Å². The molecule has 1 aromatic carbocycles. The zero-order chi connectivity index (χ0) is 14.4. The summed E-state index contributed by atoms with van der Waals surface area (Å²) in [6.45, 7) is 1.81. The first-order chi connectivity index (χ1) is 9.50. The highest BCUT2D eigenvalue weighted by Crippen LogP contribution is 2.20. The quantitative estimate of drug-likeness (QED) is 0.647. The Morgan fingerprint density at radius 2 is 2.05 bits per heavy atom. The van der Waals surface area contributed by atoms with E-state index in [-0.39, 0.29) is 5.78 Å². The first kappa shape index (κ1) is 13.1. The third-order valence-electron chi connectivity index (χ3n) is 3.00. The molecule has 0 aliphatic carbocycles. The molecule has 0 radical (unpaired) electrons. The molecule has 0 amide bonds. The van der Waals surface area contributed by atoms with Gasteiger partial charge in [-0.25, -0.2) is 9.55 Å². The molecule has 3 aromatic rings. The van der Waals surface area contributed by atoms with Gasteiger partial charge in [-0.3, -0.25) is 9.20 Å². The molecule has 0 unspecified atom stereocenters. The van der Waals surface area contributed by atoms with Crippen LogP contribution >= 0.6 is 23.2 Å². The predicted octanol–water partition coefficient (Wildman–Crippen LogP) is 3.24. The lowest BCUT2D eigenvalue weighted by molar-refractivity contribution is 0.558. The van der Waals surface area contributed by atoms with Gasteiger partial charge in [0.15, 0.2) is 5.02 Å². The van der Waals surface area contributed by atoms with Gasteiger partial charge in [0.25, 0.3) is 5.56 Å². The minimum Gasteiger partial charge on any atom is -0.267 e. The van der Waals surface area contributed by atoms with Crippen molar-refractivity contribution in [3.05, 3.63) is 62.5 Å². The van der Waals surface area contributed by atoms with E-state index in [4.69, 9.17) is 23.2 Å². The largest absolute Gasteiger partial charge is 0.281 e. The summed E-state index contributed by atoms with van der Waals surface area (Å²) in [5.74, 6) is -0.676. The molecule has 2 heterocycles. The van der Waals surface area contributed by atoms with Crippen LogP contribution < -0.4 is 5.56 Å². The second-order valence-corrected chi connectivity index (χ2v) is 5.06. The molecular weight excluding hydrogens is 304 g/mol. The fourth-order valence-electron chi connectivity index (χ4n) is 2.00. The molecular formula is C13H8Cl2FN3O. The summed E-state index contributed by atoms with van der Waals surface area (Å²) in [5, 5.41) is 0.0949. The van der Waals surface area contributed by atoms with Gasteiger partial charge in [0, 0.05) is 17.4 Å². The second kappa shape index (κ2) is 4.61. The van der Waals surface area contributed by atoms with Crippen LogP contribution in [0.3, 0.4) is 0 Å². The van der Waals surface area contributed by atoms with E-state index in [0.717, 1.165) is 9.96 Å². The number of hydrogen-bond acceptors (Lipinski definition) is 2. The topological polar surface area (TPSA) is 39.3 Å². The standard InChI is InChI=1S/C13H8Cl2FN3O/c1-7-6-8(2-3-9(7)14)19-12(20)10(15)11(16)18-5-4-17-13(18)19/h2-6H,1H3. The van der Waals surface area contributed by atoms with Crippen molar-refractivity contribution in [1.82, 2.24) is 14.0 Å². The molecule has 3 rings (SSSR count). The molecule has 0 bridgehead atoms. The summed E-state index contributed by atoms with van der Waals surface area (Å²) >= 11 is 11.7. The molecule has 0 spiro atoms. The van der Waals surface area contributed by atoms with Crippen LogP contribution in [0.15, 0.2) is 35.4 Å². The van der Waals surface area contributed by atoms with Gasteiger partial charge < -0.3 is 0 Å². The predicted molar refractivity (Wildman–Crippen MR) is 75.5 cm³/mol. The van der Waals surface area contributed by atoms with Crippen LogP contribution in [0.1, 0.15) is 5.56 Å². The summed E-state index contributed by atoms with van der Waals surface area (Å²) < 4.78 is 16.3. The molecule has 0 N–H and O–H groups in total. The van der Waals surface area contributed by atoms with Gasteiger partial charge in [-0.2, -0.15) is 4.39 Å². The number of nitrogens with zero attached hydrogens (tertiary/aromatic N) is 3. The van der Waals surface area contributed by atoms with Gasteiger partial charge in [-0.15, -0.1) is 0 Å². The molecule has 102 valence electrons. The molecule has 20 heavy (non-hydrogen) atoms. The molecule has 2 aromatic heterocycles. The number of hydrogen-bond donors (Lipinski definition) is 0. The Hall–Kier alpha value is -1.85. The Morgan fingerprint density at radius 1 is 1.30 bits per heavy atom. The molecule has 0 aliphatic heterocycles. The Bertz CT molecular complexity index is 885. The van der Waals surface area contributed by atoms with Crippen molar-refractivity contribution in [3.8, 4) is 5.69 Å². The van der Waals surface area contributed by atoms with E-state index in [1.54, 1.807) is 18.2 Å². The third kappa shape index (κ3) is 1.82. The van der Waals surface area contributed by atoms with Crippen LogP contribution in [0.25, 0.3) is 11.5 Å². The Labute approximate surface area is 123 Å². The molecule has 0 fully saturated rings. The van der Waals surface area contributed by atoms with Crippen molar-refractivity contribution in [1.29, 1.82) is 0 Å². The van der Waals surface area contributed by atoms with Gasteiger partial charge in [-0.1, -0.05) is 23.2 Å². The summed E-state index contributed by atoms with van der Waals surface area (Å²) in [6.07, 6.45) is 2.79. The van der Waals surface area contributed by atoms with Crippen LogP contribution in [0.5, 0.6) is 0 Å². The summed E-state index contributed by atoms with van der Waals surface area (Å²) in [7, 11) is 0. The van der Waals surface area contributed by atoms with E-state index in [2.05, 4.69) is 4.98 Å². The minimum atomic E-state index is -0.828. The van der Waals surface area contributed by atoms with E-state index in [1.165, 1.54) is 17.0 Å². The SMILES string of the molecule is Cc1cc(-n2c(=O)c(Cl)c(F)n3ccnc23)ccc1Cl. The lowest BCUT2D eigenvalue weighted by Crippen LogP contribution is -2.23.